The molecule has 0 radical (unpaired) electrons. The number of fused-ring (bicyclic) bond motifs is 1. The van der Waals surface area contributed by atoms with E-state index in [9.17, 15) is 14.7 Å². The fourth-order valence-electron chi connectivity index (χ4n) is 4.04. The predicted octanol–water partition coefficient (Wildman–Crippen LogP) is 6.20. The summed E-state index contributed by atoms with van der Waals surface area (Å²) in [6, 6.07) is 25.5. The van der Waals surface area contributed by atoms with Crippen LogP contribution in [-0.4, -0.2) is 24.0 Å². The Balaban J connectivity index is 1.89. The maximum absolute atomic E-state index is 14.2. The minimum Gasteiger partial charge on any atom is -0.497 e. The van der Waals surface area contributed by atoms with Crippen LogP contribution in [0.5, 0.6) is 5.75 Å². The minimum absolute atomic E-state index is 0.00488. The molecule has 0 fully saturated rings. The topological polar surface area (TPSA) is 63.6 Å². The van der Waals surface area contributed by atoms with Crippen molar-refractivity contribution in [1.82, 2.24) is 0 Å². The summed E-state index contributed by atoms with van der Waals surface area (Å²) in [7, 11) is 1.62. The summed E-state index contributed by atoms with van der Waals surface area (Å²) in [6.07, 6.45) is 0.557. The zero-order valence-corrected chi connectivity index (χ0v) is 19.8. The van der Waals surface area contributed by atoms with Crippen molar-refractivity contribution in [3.8, 4) is 5.75 Å². The summed E-state index contributed by atoms with van der Waals surface area (Å²) >= 11 is 3.01. The molecule has 0 aromatic heterocycles. The van der Waals surface area contributed by atoms with Crippen LogP contribution < -0.4 is 4.74 Å². The number of ketones is 1. The van der Waals surface area contributed by atoms with Crippen molar-refractivity contribution < 1.29 is 19.4 Å². The smallest absolute Gasteiger partial charge is 0.330 e. The molecule has 0 spiro atoms. The minimum atomic E-state index is -1.07. The second-order valence-corrected chi connectivity index (χ2v) is 10.7. The van der Waals surface area contributed by atoms with Gasteiger partial charge in [-0.15, -0.1) is 0 Å². The van der Waals surface area contributed by atoms with Crippen molar-refractivity contribution in [1.29, 1.82) is 0 Å². The maximum Gasteiger partial charge on any atom is 0.330 e. The number of rotatable bonds is 8. The molecule has 0 saturated heterocycles. The van der Waals surface area contributed by atoms with Crippen LogP contribution in [0.1, 0.15) is 17.5 Å². The van der Waals surface area contributed by atoms with Crippen LogP contribution in [0.2, 0.25) is 0 Å². The molecular formula is C27H24O4S2. The maximum atomic E-state index is 14.2. The van der Waals surface area contributed by atoms with E-state index in [0.29, 0.717) is 12.2 Å². The number of aliphatic carboxylic acids is 1. The summed E-state index contributed by atoms with van der Waals surface area (Å²) in [5.41, 5.74) is 1.96. The first-order chi connectivity index (χ1) is 15.9. The monoisotopic (exact) mass is 476 g/mol. The van der Waals surface area contributed by atoms with E-state index in [4.69, 9.17) is 4.74 Å². The first-order valence-electron chi connectivity index (χ1n) is 10.5. The van der Waals surface area contributed by atoms with E-state index >= 15 is 0 Å². The molecule has 1 unspecified atom stereocenters. The molecule has 4 rings (SSSR count). The number of carboxylic acid groups (broad SMARTS) is 1. The van der Waals surface area contributed by atoms with Crippen molar-refractivity contribution in [2.24, 2.45) is 5.92 Å². The molecule has 4 nitrogen and oxygen atoms in total. The molecule has 1 aliphatic rings. The van der Waals surface area contributed by atoms with Crippen LogP contribution in [0, 0.1) is 5.92 Å². The van der Waals surface area contributed by atoms with E-state index in [1.807, 2.05) is 78.9 Å². The molecule has 1 aliphatic carbocycles. The molecule has 0 aliphatic heterocycles. The summed E-state index contributed by atoms with van der Waals surface area (Å²) in [5, 5.41) is 9.44. The van der Waals surface area contributed by atoms with Crippen molar-refractivity contribution in [2.75, 3.05) is 7.11 Å². The van der Waals surface area contributed by atoms with Gasteiger partial charge in [0.15, 0.2) is 9.86 Å². The predicted molar refractivity (Wildman–Crippen MR) is 133 cm³/mol. The molecule has 0 heterocycles. The van der Waals surface area contributed by atoms with Crippen molar-refractivity contribution in [3.05, 3.63) is 102 Å². The zero-order valence-electron chi connectivity index (χ0n) is 18.2. The molecule has 0 amide bonds. The van der Waals surface area contributed by atoms with Gasteiger partial charge in [-0.3, -0.25) is 4.79 Å². The number of carboxylic acids is 1. The number of carbonyl (C=O) groups excluding carboxylic acids is 1. The SMILES string of the molecule is C=C(CC1Cc2cc(OC)ccc2C(Sc2ccccc2)(Sc2ccccc2)C1=O)C(=O)O. The van der Waals surface area contributed by atoms with Crippen molar-refractivity contribution >= 4 is 35.3 Å². The second-order valence-electron chi connectivity index (χ2n) is 7.85. The lowest BCUT2D eigenvalue weighted by molar-refractivity contribution is -0.133. The molecule has 1 N–H and O–H groups in total. The average Bonchev–Trinajstić information content (AvgIpc) is 2.83. The van der Waals surface area contributed by atoms with Crippen LogP contribution >= 0.6 is 23.5 Å². The zero-order chi connectivity index (χ0) is 23.4. The number of benzene rings is 3. The molecule has 3 aromatic carbocycles. The Labute approximate surface area is 202 Å². The Morgan fingerprint density at radius 2 is 1.61 bits per heavy atom. The van der Waals surface area contributed by atoms with Gasteiger partial charge >= 0.3 is 5.97 Å². The number of carbonyl (C=O) groups is 2. The van der Waals surface area contributed by atoms with Gasteiger partial charge in [0.1, 0.15) is 5.75 Å². The van der Waals surface area contributed by atoms with Crippen LogP contribution in [0.3, 0.4) is 0 Å². The summed E-state index contributed by atoms with van der Waals surface area (Å²) < 4.78 is 4.48. The van der Waals surface area contributed by atoms with Crippen molar-refractivity contribution in [3.63, 3.8) is 0 Å². The number of ether oxygens (including phenoxy) is 1. The molecule has 3 aromatic rings. The fourth-order valence-corrected chi connectivity index (χ4v) is 7.18. The lowest BCUT2D eigenvalue weighted by Crippen LogP contribution is -2.41. The number of hydrogen-bond donors (Lipinski definition) is 1. The van der Waals surface area contributed by atoms with E-state index in [0.717, 1.165) is 20.9 Å². The number of methoxy groups -OCH3 is 1. The number of hydrogen-bond acceptors (Lipinski definition) is 5. The van der Waals surface area contributed by atoms with E-state index in [1.165, 1.54) is 23.5 Å². The largest absolute Gasteiger partial charge is 0.497 e. The highest BCUT2D eigenvalue weighted by molar-refractivity contribution is 8.18. The summed E-state index contributed by atoms with van der Waals surface area (Å²) in [5.74, 6) is -0.857. The molecule has 1 atom stereocenters. The highest BCUT2D eigenvalue weighted by Crippen LogP contribution is 2.58. The van der Waals surface area contributed by atoms with Crippen LogP contribution in [0.15, 0.2) is 101 Å². The molecule has 33 heavy (non-hydrogen) atoms. The van der Waals surface area contributed by atoms with Crippen LogP contribution in [0.4, 0.5) is 0 Å². The highest BCUT2D eigenvalue weighted by atomic mass is 32.2. The molecule has 6 heteroatoms. The lowest BCUT2D eigenvalue weighted by atomic mass is 9.79. The Morgan fingerprint density at radius 3 is 2.12 bits per heavy atom. The number of Topliss-reactive ketones (excluding diaryl/α,β-unsaturated/α-hetero) is 1. The molecular weight excluding hydrogens is 452 g/mol. The van der Waals surface area contributed by atoms with Crippen LogP contribution in [-0.2, 0) is 20.1 Å². The van der Waals surface area contributed by atoms with Crippen LogP contribution in [0.25, 0.3) is 0 Å². The average molecular weight is 477 g/mol. The summed E-state index contributed by atoms with van der Waals surface area (Å²) in [4.78, 5) is 27.7. The third-order valence-corrected chi connectivity index (χ3v) is 8.57. The van der Waals surface area contributed by atoms with E-state index < -0.39 is 16.0 Å². The normalized spacial score (nSPS) is 16.6. The van der Waals surface area contributed by atoms with Gasteiger partial charge in [0.05, 0.1) is 7.11 Å². The Bertz CT molecular complexity index is 1130. The summed E-state index contributed by atoms with van der Waals surface area (Å²) in [6.45, 7) is 3.70. The van der Waals surface area contributed by atoms with Gasteiger partial charge in [0.25, 0.3) is 0 Å². The quantitative estimate of drug-likeness (QED) is 0.308. The first kappa shape index (κ1) is 23.2. The van der Waals surface area contributed by atoms with Gasteiger partial charge in [0, 0.05) is 21.3 Å². The number of thioether (sulfide) groups is 2. The van der Waals surface area contributed by atoms with Gasteiger partial charge in [-0.25, -0.2) is 4.79 Å². The van der Waals surface area contributed by atoms with Gasteiger partial charge in [-0.1, -0.05) is 72.6 Å². The highest BCUT2D eigenvalue weighted by Gasteiger charge is 2.50. The van der Waals surface area contributed by atoms with Crippen molar-refractivity contribution in [2.45, 2.75) is 26.7 Å². The van der Waals surface area contributed by atoms with E-state index in [-0.39, 0.29) is 17.8 Å². The lowest BCUT2D eigenvalue weighted by Gasteiger charge is -2.40. The Morgan fingerprint density at radius 1 is 1.03 bits per heavy atom. The van der Waals surface area contributed by atoms with Gasteiger partial charge < -0.3 is 9.84 Å². The Hall–Kier alpha value is -2.96. The first-order valence-corrected chi connectivity index (χ1v) is 12.2. The fraction of sp³-hybridized carbons (Fsp3) is 0.185. The standard InChI is InChI=1S/C27H24O4S2/c1-18(26(29)30)15-20-16-19-17-21(31-2)13-14-24(19)27(25(20)28,32-22-9-5-3-6-10-22)33-23-11-7-4-8-12-23/h3-14,17,20H,1,15-16H2,2H3,(H,29,30). The Kier molecular flexibility index (Phi) is 6.96. The molecule has 0 saturated carbocycles. The van der Waals surface area contributed by atoms with Gasteiger partial charge in [-0.05, 0) is 60.4 Å². The van der Waals surface area contributed by atoms with E-state index in [2.05, 4.69) is 6.58 Å². The molecule has 0 bridgehead atoms. The van der Waals surface area contributed by atoms with Gasteiger partial charge in [0.2, 0.25) is 0 Å². The third-order valence-electron chi connectivity index (χ3n) is 5.63. The van der Waals surface area contributed by atoms with E-state index in [1.54, 1.807) is 7.11 Å². The van der Waals surface area contributed by atoms with Gasteiger partial charge in [-0.2, -0.15) is 0 Å². The molecule has 168 valence electrons. The third kappa shape index (κ3) is 4.87. The second kappa shape index (κ2) is 9.89.